The summed E-state index contributed by atoms with van der Waals surface area (Å²) in [5, 5.41) is 3.57. The second-order valence-electron chi connectivity index (χ2n) is 3.86. The zero-order chi connectivity index (χ0) is 8.97. The van der Waals surface area contributed by atoms with Crippen LogP contribution >= 0.6 is 0 Å². The van der Waals surface area contributed by atoms with Crippen LogP contribution in [0, 0.1) is 0 Å². The molecule has 0 saturated carbocycles. The third-order valence-corrected chi connectivity index (χ3v) is 2.78. The van der Waals surface area contributed by atoms with Crippen LogP contribution in [0.1, 0.15) is 33.6 Å². The summed E-state index contributed by atoms with van der Waals surface area (Å²) in [6, 6.07) is 1.46. The summed E-state index contributed by atoms with van der Waals surface area (Å²) < 4.78 is 0. The van der Waals surface area contributed by atoms with Crippen molar-refractivity contribution in [3.05, 3.63) is 0 Å². The van der Waals surface area contributed by atoms with Crippen molar-refractivity contribution in [2.24, 2.45) is 0 Å². The molecule has 0 aromatic carbocycles. The highest BCUT2D eigenvalue weighted by Crippen LogP contribution is 2.08. The van der Waals surface area contributed by atoms with E-state index in [9.17, 15) is 0 Å². The third kappa shape index (κ3) is 2.46. The number of hydrogen-bond donors (Lipinski definition) is 1. The van der Waals surface area contributed by atoms with Crippen molar-refractivity contribution in [2.75, 3.05) is 19.6 Å². The van der Waals surface area contributed by atoms with Gasteiger partial charge in [0.05, 0.1) is 0 Å². The molecule has 1 N–H and O–H groups in total. The molecule has 2 heteroatoms. The molecule has 72 valence electrons. The van der Waals surface area contributed by atoms with Crippen LogP contribution in [0.25, 0.3) is 0 Å². The average molecular weight is 170 g/mol. The highest BCUT2D eigenvalue weighted by atomic mass is 15.2. The Morgan fingerprint density at radius 3 is 2.75 bits per heavy atom. The molecule has 1 heterocycles. The fraction of sp³-hybridized carbons (Fsp3) is 1.00. The third-order valence-electron chi connectivity index (χ3n) is 2.78. The van der Waals surface area contributed by atoms with Gasteiger partial charge < -0.3 is 5.32 Å². The molecule has 0 bridgehead atoms. The molecule has 1 fully saturated rings. The van der Waals surface area contributed by atoms with Crippen molar-refractivity contribution in [3.8, 4) is 0 Å². The molecule has 0 spiro atoms. The van der Waals surface area contributed by atoms with Gasteiger partial charge in [0, 0.05) is 25.2 Å². The zero-order valence-electron chi connectivity index (χ0n) is 8.64. The van der Waals surface area contributed by atoms with E-state index in [-0.39, 0.29) is 0 Å². The van der Waals surface area contributed by atoms with E-state index in [4.69, 9.17) is 0 Å². The Morgan fingerprint density at radius 2 is 2.17 bits per heavy atom. The van der Waals surface area contributed by atoms with Gasteiger partial charge in [-0.25, -0.2) is 0 Å². The second-order valence-corrected chi connectivity index (χ2v) is 3.86. The van der Waals surface area contributed by atoms with Crippen LogP contribution < -0.4 is 5.32 Å². The average Bonchev–Trinajstić information content (AvgIpc) is 2.09. The summed E-state index contributed by atoms with van der Waals surface area (Å²) in [5.41, 5.74) is 0. The van der Waals surface area contributed by atoms with Crippen LogP contribution in [-0.2, 0) is 0 Å². The first-order valence-corrected chi connectivity index (χ1v) is 5.25. The summed E-state index contributed by atoms with van der Waals surface area (Å²) in [7, 11) is 0. The summed E-state index contributed by atoms with van der Waals surface area (Å²) >= 11 is 0. The quantitative estimate of drug-likeness (QED) is 0.690. The summed E-state index contributed by atoms with van der Waals surface area (Å²) in [6.07, 6.45) is 2.54. The van der Waals surface area contributed by atoms with E-state index >= 15 is 0 Å². The molecule has 0 aromatic rings. The number of nitrogens with one attached hydrogen (secondary N) is 1. The lowest BCUT2D eigenvalue weighted by Crippen LogP contribution is -2.55. The second kappa shape index (κ2) is 4.83. The lowest BCUT2D eigenvalue weighted by molar-refractivity contribution is 0.139. The van der Waals surface area contributed by atoms with E-state index < -0.39 is 0 Å². The fourth-order valence-electron chi connectivity index (χ4n) is 1.87. The van der Waals surface area contributed by atoms with Crippen molar-refractivity contribution in [1.29, 1.82) is 0 Å². The van der Waals surface area contributed by atoms with Gasteiger partial charge in [0.2, 0.25) is 0 Å². The van der Waals surface area contributed by atoms with Crippen molar-refractivity contribution >= 4 is 0 Å². The van der Waals surface area contributed by atoms with E-state index in [0.717, 1.165) is 12.1 Å². The molecule has 1 saturated heterocycles. The zero-order valence-corrected chi connectivity index (χ0v) is 8.64. The maximum Gasteiger partial charge on any atom is 0.0193 e. The van der Waals surface area contributed by atoms with Gasteiger partial charge in [-0.2, -0.15) is 0 Å². The molecular formula is C10H22N2. The Kier molecular flexibility index (Phi) is 4.02. The minimum absolute atomic E-state index is 0.729. The Labute approximate surface area is 76.3 Å². The largest absolute Gasteiger partial charge is 0.311 e. The Hall–Kier alpha value is -0.0800. The van der Waals surface area contributed by atoms with Crippen LogP contribution in [0.3, 0.4) is 0 Å². The number of nitrogens with zero attached hydrogens (tertiary/aromatic N) is 1. The molecule has 2 atom stereocenters. The van der Waals surface area contributed by atoms with Gasteiger partial charge in [-0.1, -0.05) is 13.8 Å². The maximum atomic E-state index is 3.57. The van der Waals surface area contributed by atoms with Gasteiger partial charge in [-0.05, 0) is 26.3 Å². The standard InChI is InChI=1S/C10H22N2/c1-4-6-12-8-10(5-2)11-7-9(12)3/h9-11H,4-8H2,1-3H3. The molecule has 0 aromatic heterocycles. The minimum Gasteiger partial charge on any atom is -0.311 e. The molecule has 2 unspecified atom stereocenters. The fourth-order valence-corrected chi connectivity index (χ4v) is 1.87. The monoisotopic (exact) mass is 170 g/mol. The van der Waals surface area contributed by atoms with Crippen LogP contribution in [-0.4, -0.2) is 36.6 Å². The van der Waals surface area contributed by atoms with Gasteiger partial charge in [-0.15, -0.1) is 0 Å². The smallest absolute Gasteiger partial charge is 0.0193 e. The highest BCUT2D eigenvalue weighted by Gasteiger charge is 2.22. The first kappa shape index (κ1) is 10.0. The first-order chi connectivity index (χ1) is 5.77. The predicted molar refractivity (Wildman–Crippen MR) is 53.4 cm³/mol. The summed E-state index contributed by atoms with van der Waals surface area (Å²) in [5.74, 6) is 0. The molecule has 0 amide bonds. The van der Waals surface area contributed by atoms with Crippen molar-refractivity contribution in [3.63, 3.8) is 0 Å². The lowest BCUT2D eigenvalue weighted by Gasteiger charge is -2.38. The molecule has 1 rings (SSSR count). The summed E-state index contributed by atoms with van der Waals surface area (Å²) in [4.78, 5) is 2.60. The van der Waals surface area contributed by atoms with Crippen LogP contribution in [0.5, 0.6) is 0 Å². The molecule has 1 aliphatic heterocycles. The summed E-state index contributed by atoms with van der Waals surface area (Å²) in [6.45, 7) is 10.5. The lowest BCUT2D eigenvalue weighted by atomic mass is 10.1. The van der Waals surface area contributed by atoms with Crippen LogP contribution in [0.4, 0.5) is 0 Å². The van der Waals surface area contributed by atoms with E-state index in [1.54, 1.807) is 0 Å². The molecule has 1 aliphatic rings. The molecule has 2 nitrogen and oxygen atoms in total. The van der Waals surface area contributed by atoms with Gasteiger partial charge >= 0.3 is 0 Å². The maximum absolute atomic E-state index is 3.57. The normalized spacial score (nSPS) is 32.2. The van der Waals surface area contributed by atoms with Crippen molar-refractivity contribution < 1.29 is 0 Å². The molecule has 0 aliphatic carbocycles. The predicted octanol–water partition coefficient (Wildman–Crippen LogP) is 1.47. The number of hydrogen-bond acceptors (Lipinski definition) is 2. The van der Waals surface area contributed by atoms with Gasteiger partial charge in [-0.3, -0.25) is 4.90 Å². The molecule has 0 radical (unpaired) electrons. The van der Waals surface area contributed by atoms with Crippen LogP contribution in [0.15, 0.2) is 0 Å². The van der Waals surface area contributed by atoms with E-state index in [1.165, 1.54) is 32.5 Å². The first-order valence-electron chi connectivity index (χ1n) is 5.25. The topological polar surface area (TPSA) is 15.3 Å². The Bertz CT molecular complexity index is 125. The van der Waals surface area contributed by atoms with Gasteiger partial charge in [0.15, 0.2) is 0 Å². The van der Waals surface area contributed by atoms with E-state index in [2.05, 4.69) is 31.0 Å². The Balaban J connectivity index is 2.36. The SMILES string of the molecule is CCCN1CC(CC)NCC1C. The van der Waals surface area contributed by atoms with E-state index in [0.29, 0.717) is 0 Å². The minimum atomic E-state index is 0.729. The van der Waals surface area contributed by atoms with Crippen molar-refractivity contribution in [2.45, 2.75) is 45.7 Å². The van der Waals surface area contributed by atoms with Crippen LogP contribution in [0.2, 0.25) is 0 Å². The molecular weight excluding hydrogens is 148 g/mol. The Morgan fingerprint density at radius 1 is 1.42 bits per heavy atom. The number of piperazine rings is 1. The van der Waals surface area contributed by atoms with Gasteiger partial charge in [0.1, 0.15) is 0 Å². The van der Waals surface area contributed by atoms with E-state index in [1.807, 2.05) is 0 Å². The highest BCUT2D eigenvalue weighted by molar-refractivity contribution is 4.82. The molecule has 12 heavy (non-hydrogen) atoms. The van der Waals surface area contributed by atoms with Crippen molar-refractivity contribution in [1.82, 2.24) is 10.2 Å². The van der Waals surface area contributed by atoms with Gasteiger partial charge in [0.25, 0.3) is 0 Å². The number of rotatable bonds is 3.